The highest BCUT2D eigenvalue weighted by Crippen LogP contribution is 2.43. The van der Waals surface area contributed by atoms with E-state index in [1.165, 1.54) is 16.4 Å². The summed E-state index contributed by atoms with van der Waals surface area (Å²) in [7, 11) is -2.78. The first-order valence-corrected chi connectivity index (χ1v) is 13.1. The minimum atomic E-state index is -2.78. The minimum Gasteiger partial charge on any atom is -0.534 e. The van der Waals surface area contributed by atoms with Gasteiger partial charge in [-0.15, -0.1) is 0 Å². The van der Waals surface area contributed by atoms with Crippen molar-refractivity contribution in [3.8, 4) is 5.75 Å². The van der Waals surface area contributed by atoms with Crippen LogP contribution < -0.4 is 14.8 Å². The van der Waals surface area contributed by atoms with Crippen LogP contribution in [-0.2, 0) is 16.8 Å². The highest BCUT2D eigenvalue weighted by Gasteiger charge is 2.52. The molecule has 1 atom stereocenters. The molecule has 32 heavy (non-hydrogen) atoms. The molecule has 0 fully saturated rings. The van der Waals surface area contributed by atoms with Gasteiger partial charge in [-0.05, 0) is 51.9 Å². The molecule has 3 aromatic rings. The first-order valence-electron chi connectivity index (χ1n) is 11.2. The molecule has 0 aromatic heterocycles. The summed E-state index contributed by atoms with van der Waals surface area (Å²) >= 11 is 0. The average molecular weight is 443 g/mol. The molecule has 1 aliphatic carbocycles. The van der Waals surface area contributed by atoms with E-state index in [0.29, 0.717) is 6.42 Å². The van der Waals surface area contributed by atoms with Gasteiger partial charge in [0.25, 0.3) is 0 Å². The van der Waals surface area contributed by atoms with Crippen LogP contribution in [0.2, 0.25) is 5.04 Å². The fraction of sp³-hybridized carbons (Fsp3) is 0.286. The maximum atomic E-state index is 11.2. The lowest BCUT2D eigenvalue weighted by Crippen LogP contribution is -2.69. The van der Waals surface area contributed by atoms with Gasteiger partial charge in [-0.25, -0.2) is 4.79 Å². The topological polar surface area (TPSA) is 46.5 Å². The summed E-state index contributed by atoms with van der Waals surface area (Å²) in [4.78, 5) is 11.1. The smallest absolute Gasteiger partial charge is 0.319 e. The monoisotopic (exact) mass is 442 g/mol. The molecule has 1 aliphatic rings. The van der Waals surface area contributed by atoms with Crippen LogP contribution in [0.4, 0.5) is 0 Å². The van der Waals surface area contributed by atoms with E-state index in [0.717, 1.165) is 29.7 Å². The van der Waals surface area contributed by atoms with Crippen LogP contribution in [0.5, 0.6) is 5.75 Å². The van der Waals surface area contributed by atoms with Crippen molar-refractivity contribution < 1.29 is 14.3 Å². The number of fused-ring (bicyclic) bond motifs is 1. The van der Waals surface area contributed by atoms with Crippen LogP contribution in [0, 0.1) is 0 Å². The third kappa shape index (κ3) is 3.75. The molecule has 0 amide bonds. The number of hydrogen-bond donors (Lipinski definition) is 1. The second kappa shape index (κ2) is 8.55. The number of benzene rings is 3. The number of rotatable bonds is 5. The Morgan fingerprint density at radius 2 is 1.53 bits per heavy atom. The minimum absolute atomic E-state index is 0.161. The first-order chi connectivity index (χ1) is 15.3. The predicted octanol–water partition coefficient (Wildman–Crippen LogP) is 4.54. The zero-order valence-corrected chi connectivity index (χ0v) is 20.0. The highest BCUT2D eigenvalue weighted by molar-refractivity contribution is 7.00. The van der Waals surface area contributed by atoms with E-state index in [-0.39, 0.29) is 5.04 Å². The Morgan fingerprint density at radius 3 is 2.06 bits per heavy atom. The maximum absolute atomic E-state index is 11.2. The molecule has 1 N–H and O–H groups in total. The molecule has 0 radical (unpaired) electrons. The summed E-state index contributed by atoms with van der Waals surface area (Å²) in [6.45, 7) is 6.75. The van der Waals surface area contributed by atoms with Crippen LogP contribution in [-0.4, -0.2) is 19.4 Å². The fourth-order valence-electron chi connectivity index (χ4n) is 5.06. The van der Waals surface area contributed by atoms with Crippen LogP contribution in [0.25, 0.3) is 0 Å². The van der Waals surface area contributed by atoms with Crippen molar-refractivity contribution in [2.45, 2.75) is 50.7 Å². The van der Waals surface area contributed by atoms with Gasteiger partial charge in [-0.3, -0.25) is 0 Å². The summed E-state index contributed by atoms with van der Waals surface area (Å²) in [5.41, 5.74) is 0.448. The molecule has 4 rings (SSSR count). The van der Waals surface area contributed by atoms with E-state index < -0.39 is 13.9 Å². The van der Waals surface area contributed by atoms with Crippen molar-refractivity contribution in [1.29, 1.82) is 0 Å². The van der Waals surface area contributed by atoms with Gasteiger partial charge in [0.05, 0.1) is 0 Å². The summed E-state index contributed by atoms with van der Waals surface area (Å²) < 4.78 is 7.22. The first kappa shape index (κ1) is 22.3. The molecule has 0 spiro atoms. The van der Waals surface area contributed by atoms with E-state index >= 15 is 0 Å². The normalized spacial score (nSPS) is 18.4. The lowest BCUT2D eigenvalue weighted by molar-refractivity contribution is 0.0706. The van der Waals surface area contributed by atoms with Gasteiger partial charge < -0.3 is 9.53 Å². The van der Waals surface area contributed by atoms with E-state index in [2.05, 4.69) is 69.3 Å². The second-order valence-electron chi connectivity index (χ2n) is 9.59. The van der Waals surface area contributed by atoms with Gasteiger partial charge >= 0.3 is 8.32 Å². The lowest BCUT2D eigenvalue weighted by Gasteiger charge is -2.44. The fourth-order valence-corrected chi connectivity index (χ4v) is 9.51. The molecule has 0 aliphatic heterocycles. The van der Waals surface area contributed by atoms with Gasteiger partial charge in [-0.1, -0.05) is 93.6 Å². The van der Waals surface area contributed by atoms with E-state index in [9.17, 15) is 9.90 Å². The van der Waals surface area contributed by atoms with Crippen LogP contribution in [0.3, 0.4) is 0 Å². The van der Waals surface area contributed by atoms with Gasteiger partial charge in [0.2, 0.25) is 0 Å². The summed E-state index contributed by atoms with van der Waals surface area (Å²) in [6.07, 6.45) is 3.34. The summed E-state index contributed by atoms with van der Waals surface area (Å²) in [5.74, 6) is 2.61. The zero-order chi connectivity index (χ0) is 22.8. The molecular formula is C28H30O3Si. The van der Waals surface area contributed by atoms with Gasteiger partial charge in [0, 0.05) is 6.08 Å². The van der Waals surface area contributed by atoms with Crippen molar-refractivity contribution >= 4 is 24.6 Å². The predicted molar refractivity (Wildman–Crippen MR) is 132 cm³/mol. The number of carbonyl (C=O) groups excluding carboxylic acids is 1. The molecule has 0 saturated heterocycles. The van der Waals surface area contributed by atoms with E-state index in [1.54, 1.807) is 5.94 Å². The van der Waals surface area contributed by atoms with Crippen LogP contribution in [0.1, 0.15) is 44.7 Å². The molecule has 1 unspecified atom stereocenters. The molecule has 164 valence electrons. The van der Waals surface area contributed by atoms with Gasteiger partial charge in [0.15, 0.2) is 0 Å². The Bertz CT molecular complexity index is 1090. The summed E-state index contributed by atoms with van der Waals surface area (Å²) in [6, 6.07) is 26.9. The SMILES string of the molecule is CC(C)(C)[Si](Oc1cccc2c1CCCC2(O)C=C=O)(c1ccccc1)c1ccccc1. The van der Waals surface area contributed by atoms with Gasteiger partial charge in [-0.2, -0.15) is 0 Å². The third-order valence-electron chi connectivity index (χ3n) is 6.56. The van der Waals surface area contributed by atoms with Crippen molar-refractivity contribution in [2.24, 2.45) is 0 Å². The van der Waals surface area contributed by atoms with Crippen molar-refractivity contribution in [2.75, 3.05) is 0 Å². The second-order valence-corrected chi connectivity index (χ2v) is 13.8. The largest absolute Gasteiger partial charge is 0.534 e. The Morgan fingerprint density at radius 1 is 0.938 bits per heavy atom. The van der Waals surface area contributed by atoms with Gasteiger partial charge in [0.1, 0.15) is 17.3 Å². The standard InChI is InChI=1S/C28H30O3Si/c1-27(2,3)32(22-12-6-4-7-13-22,23-14-8-5-9-15-23)31-26-18-10-17-25-24(26)16-11-19-28(25,30)20-21-29/h4-10,12-15,17-18,20,30H,11,16,19H2,1-3H3. The van der Waals surface area contributed by atoms with Crippen LogP contribution >= 0.6 is 0 Å². The molecule has 0 saturated carbocycles. The zero-order valence-electron chi connectivity index (χ0n) is 19.0. The third-order valence-corrected chi connectivity index (χ3v) is 11.5. The lowest BCUT2D eigenvalue weighted by atomic mass is 9.79. The molecule has 3 aromatic carbocycles. The Kier molecular flexibility index (Phi) is 5.96. The molecule has 4 heteroatoms. The number of aliphatic hydroxyl groups is 1. The molecule has 0 bridgehead atoms. The van der Waals surface area contributed by atoms with Crippen molar-refractivity contribution in [1.82, 2.24) is 0 Å². The molecule has 0 heterocycles. The highest BCUT2D eigenvalue weighted by atomic mass is 28.4. The Hall–Kier alpha value is -2.91. The molecular weight excluding hydrogens is 412 g/mol. The number of hydrogen-bond acceptors (Lipinski definition) is 3. The van der Waals surface area contributed by atoms with Crippen molar-refractivity contribution in [3.05, 3.63) is 96.1 Å². The Labute approximate surface area is 191 Å². The maximum Gasteiger partial charge on any atom is 0.319 e. The van der Waals surface area contributed by atoms with Crippen molar-refractivity contribution in [3.63, 3.8) is 0 Å². The molecule has 3 nitrogen and oxygen atoms in total. The average Bonchev–Trinajstić information content (AvgIpc) is 2.78. The van der Waals surface area contributed by atoms with E-state index in [4.69, 9.17) is 4.43 Å². The Balaban J connectivity index is 1.96. The van der Waals surface area contributed by atoms with Crippen LogP contribution in [0.15, 0.2) is 84.9 Å². The quantitative estimate of drug-likeness (QED) is 0.466. The van der Waals surface area contributed by atoms with E-state index in [1.807, 2.05) is 30.3 Å². The summed E-state index contributed by atoms with van der Waals surface area (Å²) in [5, 5.41) is 13.4.